The van der Waals surface area contributed by atoms with Crippen molar-refractivity contribution >= 4 is 33.3 Å². The van der Waals surface area contributed by atoms with E-state index in [0.29, 0.717) is 18.1 Å². The molecule has 2 aromatic carbocycles. The van der Waals surface area contributed by atoms with Crippen LogP contribution < -0.4 is 4.74 Å². The minimum Gasteiger partial charge on any atom is -0.489 e. The normalized spacial score (nSPS) is 13.9. The lowest BCUT2D eigenvalue weighted by Crippen LogP contribution is -2.10. The van der Waals surface area contributed by atoms with Crippen molar-refractivity contribution < 1.29 is 9.53 Å². The van der Waals surface area contributed by atoms with Gasteiger partial charge in [0.1, 0.15) is 12.4 Å². The van der Waals surface area contributed by atoms with Crippen molar-refractivity contribution in [1.29, 1.82) is 0 Å². The lowest BCUT2D eigenvalue weighted by molar-refractivity contribution is 0.0972. The Labute approximate surface area is 137 Å². The number of rotatable bonds is 3. The fraction of sp³-hybridized carbons (Fsp3) is 0.235. The van der Waals surface area contributed by atoms with Crippen LogP contribution in [0, 0.1) is 0 Å². The van der Waals surface area contributed by atoms with E-state index >= 15 is 0 Å². The van der Waals surface area contributed by atoms with Crippen molar-refractivity contribution in [2.24, 2.45) is 0 Å². The van der Waals surface area contributed by atoms with Gasteiger partial charge >= 0.3 is 0 Å². The first kappa shape index (κ1) is 14.6. The van der Waals surface area contributed by atoms with Crippen LogP contribution in [0.1, 0.15) is 34.3 Å². The van der Waals surface area contributed by atoms with Gasteiger partial charge < -0.3 is 4.74 Å². The molecule has 0 aliphatic heterocycles. The van der Waals surface area contributed by atoms with Gasteiger partial charge in [-0.3, -0.25) is 4.79 Å². The van der Waals surface area contributed by atoms with Crippen LogP contribution in [0.3, 0.4) is 0 Å². The molecule has 108 valence electrons. The quantitative estimate of drug-likeness (QED) is 0.747. The molecular formula is C17H14BrClO2. The summed E-state index contributed by atoms with van der Waals surface area (Å²) in [4.78, 5) is 11.8. The van der Waals surface area contributed by atoms with E-state index in [-0.39, 0.29) is 5.78 Å². The Morgan fingerprint density at radius 1 is 1.14 bits per heavy atom. The number of Topliss-reactive ketones (excluding diaryl/α,β-unsaturated/α-hetero) is 1. The molecule has 0 amide bonds. The molecule has 0 radical (unpaired) electrons. The highest BCUT2D eigenvalue weighted by Crippen LogP contribution is 2.27. The van der Waals surface area contributed by atoms with Crippen molar-refractivity contribution in [1.82, 2.24) is 0 Å². The zero-order valence-electron chi connectivity index (χ0n) is 11.4. The average molecular weight is 366 g/mol. The van der Waals surface area contributed by atoms with Gasteiger partial charge in [0.05, 0.1) is 0 Å². The van der Waals surface area contributed by atoms with E-state index in [0.717, 1.165) is 39.8 Å². The number of hydrogen-bond donors (Lipinski definition) is 0. The largest absolute Gasteiger partial charge is 0.489 e. The number of benzene rings is 2. The van der Waals surface area contributed by atoms with E-state index in [1.54, 1.807) is 0 Å². The first-order valence-electron chi connectivity index (χ1n) is 6.86. The molecule has 0 fully saturated rings. The van der Waals surface area contributed by atoms with E-state index < -0.39 is 0 Å². The van der Waals surface area contributed by atoms with E-state index in [9.17, 15) is 4.79 Å². The van der Waals surface area contributed by atoms with Gasteiger partial charge in [-0.05, 0) is 48.7 Å². The van der Waals surface area contributed by atoms with Gasteiger partial charge in [0.15, 0.2) is 5.78 Å². The molecule has 0 saturated heterocycles. The smallest absolute Gasteiger partial charge is 0.163 e. The van der Waals surface area contributed by atoms with Crippen molar-refractivity contribution in [2.45, 2.75) is 25.9 Å². The summed E-state index contributed by atoms with van der Waals surface area (Å²) in [5, 5.41) is 0.678. The summed E-state index contributed by atoms with van der Waals surface area (Å²) in [6.07, 6.45) is 2.52. The molecule has 0 saturated carbocycles. The first-order valence-corrected chi connectivity index (χ1v) is 8.03. The van der Waals surface area contributed by atoms with Gasteiger partial charge in [-0.15, -0.1) is 0 Å². The summed E-state index contributed by atoms with van der Waals surface area (Å²) in [5.41, 5.74) is 2.87. The second kappa shape index (κ2) is 6.20. The van der Waals surface area contributed by atoms with Gasteiger partial charge in [0, 0.05) is 27.0 Å². The highest BCUT2D eigenvalue weighted by atomic mass is 79.9. The maximum atomic E-state index is 11.8. The lowest BCUT2D eigenvalue weighted by Gasteiger charge is -2.16. The van der Waals surface area contributed by atoms with Gasteiger partial charge in [0.25, 0.3) is 0 Å². The molecule has 21 heavy (non-hydrogen) atoms. The molecule has 1 aliphatic rings. The minimum absolute atomic E-state index is 0.235. The average Bonchev–Trinajstić information content (AvgIpc) is 2.46. The number of ether oxygens (including phenoxy) is 1. The molecule has 0 unspecified atom stereocenters. The van der Waals surface area contributed by atoms with Gasteiger partial charge in [-0.2, -0.15) is 0 Å². The Hall–Kier alpha value is -1.32. The molecule has 4 heteroatoms. The number of carbonyl (C=O) groups excluding carboxylic acids is 1. The van der Waals surface area contributed by atoms with E-state index in [1.807, 2.05) is 36.4 Å². The highest BCUT2D eigenvalue weighted by molar-refractivity contribution is 9.10. The molecule has 0 bridgehead atoms. The monoisotopic (exact) mass is 364 g/mol. The summed E-state index contributed by atoms with van der Waals surface area (Å²) in [6, 6.07) is 11.4. The standard InChI is InChI=1S/C17H14BrClO2/c18-13-5-4-12(16(19)9-13)10-21-14-6-7-15-11(8-14)2-1-3-17(15)20/h4-9H,1-3,10H2. The molecular weight excluding hydrogens is 352 g/mol. The summed E-state index contributed by atoms with van der Waals surface area (Å²) in [6.45, 7) is 0.416. The molecule has 0 aromatic heterocycles. The van der Waals surface area contributed by atoms with Crippen molar-refractivity contribution in [2.75, 3.05) is 0 Å². The first-order chi connectivity index (χ1) is 10.1. The Morgan fingerprint density at radius 3 is 2.81 bits per heavy atom. The van der Waals surface area contributed by atoms with Crippen LogP contribution in [0.25, 0.3) is 0 Å². The predicted molar refractivity (Wildman–Crippen MR) is 87.2 cm³/mol. The SMILES string of the molecule is O=C1CCCc2cc(OCc3ccc(Br)cc3Cl)ccc21. The van der Waals surface area contributed by atoms with E-state index in [2.05, 4.69) is 15.9 Å². The lowest BCUT2D eigenvalue weighted by atomic mass is 9.90. The number of carbonyl (C=O) groups is 1. The molecule has 0 heterocycles. The van der Waals surface area contributed by atoms with Gasteiger partial charge in [0.2, 0.25) is 0 Å². The number of hydrogen-bond acceptors (Lipinski definition) is 2. The Balaban J connectivity index is 1.75. The fourth-order valence-electron chi connectivity index (χ4n) is 2.51. The Morgan fingerprint density at radius 2 is 2.00 bits per heavy atom. The zero-order valence-corrected chi connectivity index (χ0v) is 13.7. The molecule has 2 aromatic rings. The molecule has 0 N–H and O–H groups in total. The summed E-state index contributed by atoms with van der Waals surface area (Å²) in [5.74, 6) is 1.01. The number of ketones is 1. The zero-order chi connectivity index (χ0) is 14.8. The second-order valence-corrected chi connectivity index (χ2v) is 6.44. The topological polar surface area (TPSA) is 26.3 Å². The van der Waals surface area contributed by atoms with Crippen LogP contribution in [0.4, 0.5) is 0 Å². The van der Waals surface area contributed by atoms with Crippen LogP contribution >= 0.6 is 27.5 Å². The van der Waals surface area contributed by atoms with Crippen LogP contribution in [0.15, 0.2) is 40.9 Å². The molecule has 0 spiro atoms. The Bertz CT molecular complexity index is 697. The Kier molecular flexibility index (Phi) is 4.32. The predicted octanol–water partition coefficient (Wildman–Crippen LogP) is 5.20. The maximum Gasteiger partial charge on any atom is 0.163 e. The maximum absolute atomic E-state index is 11.8. The summed E-state index contributed by atoms with van der Waals surface area (Å²) >= 11 is 9.56. The highest BCUT2D eigenvalue weighted by Gasteiger charge is 2.17. The van der Waals surface area contributed by atoms with Crippen molar-refractivity contribution in [3.8, 4) is 5.75 Å². The molecule has 2 nitrogen and oxygen atoms in total. The third kappa shape index (κ3) is 3.30. The van der Waals surface area contributed by atoms with Gasteiger partial charge in [-0.1, -0.05) is 33.6 Å². The van der Waals surface area contributed by atoms with Crippen LogP contribution in [0.5, 0.6) is 5.75 Å². The van der Waals surface area contributed by atoms with Crippen LogP contribution in [-0.4, -0.2) is 5.78 Å². The van der Waals surface area contributed by atoms with Crippen molar-refractivity contribution in [3.05, 3.63) is 62.6 Å². The number of aryl methyl sites for hydroxylation is 1. The second-order valence-electron chi connectivity index (χ2n) is 5.12. The minimum atomic E-state index is 0.235. The molecule has 0 atom stereocenters. The third-order valence-corrected chi connectivity index (χ3v) is 4.48. The summed E-state index contributed by atoms with van der Waals surface area (Å²) in [7, 11) is 0. The van der Waals surface area contributed by atoms with E-state index in [1.165, 1.54) is 0 Å². The fourth-order valence-corrected chi connectivity index (χ4v) is 3.24. The third-order valence-electron chi connectivity index (χ3n) is 3.64. The summed E-state index contributed by atoms with van der Waals surface area (Å²) < 4.78 is 6.75. The number of fused-ring (bicyclic) bond motifs is 1. The van der Waals surface area contributed by atoms with Crippen molar-refractivity contribution in [3.63, 3.8) is 0 Å². The van der Waals surface area contributed by atoms with Crippen LogP contribution in [-0.2, 0) is 13.0 Å². The van der Waals surface area contributed by atoms with Gasteiger partial charge in [-0.25, -0.2) is 0 Å². The number of halogens is 2. The van der Waals surface area contributed by atoms with Crippen LogP contribution in [0.2, 0.25) is 5.02 Å². The molecule has 3 rings (SSSR count). The van der Waals surface area contributed by atoms with E-state index in [4.69, 9.17) is 16.3 Å². The molecule has 1 aliphatic carbocycles.